The first-order valence-electron chi connectivity index (χ1n) is 6.77. The summed E-state index contributed by atoms with van der Waals surface area (Å²) in [5, 5.41) is 0. The standard InChI is InChI=1S/C19H14BrN/c20-18-8-4-5-9-19(18)21-14-15-10-12-17(13-11-15)16-6-2-1-3-7-16/h1-14H. The average Bonchev–Trinajstić information content (AvgIpc) is 2.55. The van der Waals surface area contributed by atoms with Crippen molar-refractivity contribution in [3.8, 4) is 11.1 Å². The van der Waals surface area contributed by atoms with Crippen LogP contribution in [0.5, 0.6) is 0 Å². The van der Waals surface area contributed by atoms with Gasteiger partial charge in [0.25, 0.3) is 0 Å². The van der Waals surface area contributed by atoms with Crippen LogP contribution in [0.25, 0.3) is 11.1 Å². The van der Waals surface area contributed by atoms with Gasteiger partial charge in [-0.3, -0.25) is 4.99 Å². The average molecular weight is 336 g/mol. The van der Waals surface area contributed by atoms with E-state index in [1.54, 1.807) is 0 Å². The summed E-state index contributed by atoms with van der Waals surface area (Å²) < 4.78 is 1.00. The van der Waals surface area contributed by atoms with E-state index in [-0.39, 0.29) is 0 Å². The van der Waals surface area contributed by atoms with E-state index in [2.05, 4.69) is 69.5 Å². The molecule has 0 saturated heterocycles. The predicted octanol–water partition coefficient (Wildman–Crippen LogP) is 5.87. The molecule has 0 saturated carbocycles. The molecule has 0 fully saturated rings. The summed E-state index contributed by atoms with van der Waals surface area (Å²) in [4.78, 5) is 4.51. The monoisotopic (exact) mass is 335 g/mol. The van der Waals surface area contributed by atoms with Gasteiger partial charge in [-0.25, -0.2) is 0 Å². The number of aliphatic imine (C=N–C) groups is 1. The van der Waals surface area contributed by atoms with Gasteiger partial charge in [0.1, 0.15) is 0 Å². The molecule has 3 rings (SSSR count). The highest BCUT2D eigenvalue weighted by Gasteiger charge is 1.97. The van der Waals surface area contributed by atoms with Crippen LogP contribution in [0, 0.1) is 0 Å². The Labute approximate surface area is 133 Å². The summed E-state index contributed by atoms with van der Waals surface area (Å²) in [5.41, 5.74) is 4.47. The molecule has 0 unspecified atom stereocenters. The van der Waals surface area contributed by atoms with E-state index in [1.165, 1.54) is 11.1 Å². The molecule has 0 amide bonds. The van der Waals surface area contributed by atoms with E-state index in [9.17, 15) is 0 Å². The third-order valence-electron chi connectivity index (χ3n) is 3.22. The minimum absolute atomic E-state index is 0.935. The predicted molar refractivity (Wildman–Crippen MR) is 93.3 cm³/mol. The lowest BCUT2D eigenvalue weighted by Gasteiger charge is -2.02. The van der Waals surface area contributed by atoms with Crippen molar-refractivity contribution in [2.24, 2.45) is 4.99 Å². The van der Waals surface area contributed by atoms with Gasteiger partial charge in [-0.2, -0.15) is 0 Å². The smallest absolute Gasteiger partial charge is 0.0771 e. The molecule has 2 heteroatoms. The third-order valence-corrected chi connectivity index (χ3v) is 3.89. The molecule has 0 aliphatic rings. The molecule has 3 aromatic rings. The Morgan fingerprint density at radius 3 is 2.00 bits per heavy atom. The zero-order chi connectivity index (χ0) is 14.5. The normalized spacial score (nSPS) is 10.9. The molecule has 0 radical (unpaired) electrons. The first kappa shape index (κ1) is 13.8. The molecule has 3 aromatic carbocycles. The number of nitrogens with zero attached hydrogens (tertiary/aromatic N) is 1. The maximum absolute atomic E-state index is 4.51. The number of benzene rings is 3. The second-order valence-electron chi connectivity index (χ2n) is 4.70. The lowest BCUT2D eigenvalue weighted by Crippen LogP contribution is -1.82. The SMILES string of the molecule is Brc1ccccc1N=Cc1ccc(-c2ccccc2)cc1. The van der Waals surface area contributed by atoms with Crippen LogP contribution in [-0.4, -0.2) is 6.21 Å². The molecule has 0 aromatic heterocycles. The molecular weight excluding hydrogens is 322 g/mol. The summed E-state index contributed by atoms with van der Waals surface area (Å²) in [7, 11) is 0. The van der Waals surface area contributed by atoms with Gasteiger partial charge >= 0.3 is 0 Å². The van der Waals surface area contributed by atoms with Gasteiger partial charge in [-0.15, -0.1) is 0 Å². The van der Waals surface area contributed by atoms with Gasteiger partial charge in [0.05, 0.1) is 5.69 Å². The number of halogens is 1. The minimum atomic E-state index is 0.935. The van der Waals surface area contributed by atoms with Gasteiger partial charge < -0.3 is 0 Å². The Morgan fingerprint density at radius 2 is 1.29 bits per heavy atom. The molecule has 102 valence electrons. The highest BCUT2D eigenvalue weighted by Crippen LogP contribution is 2.24. The third kappa shape index (κ3) is 3.47. The Bertz CT molecular complexity index is 746. The summed E-state index contributed by atoms with van der Waals surface area (Å²) in [5.74, 6) is 0. The molecule has 0 aliphatic carbocycles. The summed E-state index contributed by atoms with van der Waals surface area (Å²) >= 11 is 3.50. The van der Waals surface area contributed by atoms with Gasteiger partial charge in [-0.1, -0.05) is 66.7 Å². The fourth-order valence-corrected chi connectivity index (χ4v) is 2.48. The van der Waals surface area contributed by atoms with Crippen LogP contribution in [0.3, 0.4) is 0 Å². The van der Waals surface area contributed by atoms with E-state index >= 15 is 0 Å². The second kappa shape index (κ2) is 6.51. The Hall–Kier alpha value is -2.19. The first-order valence-corrected chi connectivity index (χ1v) is 7.56. The highest BCUT2D eigenvalue weighted by molar-refractivity contribution is 9.10. The highest BCUT2D eigenvalue weighted by atomic mass is 79.9. The fourth-order valence-electron chi connectivity index (χ4n) is 2.09. The lowest BCUT2D eigenvalue weighted by molar-refractivity contribution is 1.49. The lowest BCUT2D eigenvalue weighted by atomic mass is 10.0. The van der Waals surface area contributed by atoms with Crippen LogP contribution in [-0.2, 0) is 0 Å². The van der Waals surface area contributed by atoms with Crippen LogP contribution in [0.15, 0.2) is 88.3 Å². The van der Waals surface area contributed by atoms with Crippen LogP contribution in [0.2, 0.25) is 0 Å². The number of rotatable bonds is 3. The number of hydrogen-bond donors (Lipinski definition) is 0. The molecule has 0 bridgehead atoms. The van der Waals surface area contributed by atoms with E-state index in [0.29, 0.717) is 0 Å². The maximum Gasteiger partial charge on any atom is 0.0771 e. The molecule has 1 nitrogen and oxygen atoms in total. The topological polar surface area (TPSA) is 12.4 Å². The molecule has 0 atom stereocenters. The largest absolute Gasteiger partial charge is 0.255 e. The van der Waals surface area contributed by atoms with Crippen LogP contribution < -0.4 is 0 Å². The van der Waals surface area contributed by atoms with E-state index in [4.69, 9.17) is 0 Å². The van der Waals surface area contributed by atoms with Crippen molar-refractivity contribution in [3.63, 3.8) is 0 Å². The number of hydrogen-bond acceptors (Lipinski definition) is 1. The van der Waals surface area contributed by atoms with E-state index in [0.717, 1.165) is 15.7 Å². The Kier molecular flexibility index (Phi) is 4.27. The van der Waals surface area contributed by atoms with Crippen molar-refractivity contribution in [1.82, 2.24) is 0 Å². The Balaban J connectivity index is 1.81. The molecular formula is C19H14BrN. The van der Waals surface area contributed by atoms with Crippen molar-refractivity contribution in [2.45, 2.75) is 0 Å². The van der Waals surface area contributed by atoms with Gasteiger partial charge in [-0.05, 0) is 44.8 Å². The second-order valence-corrected chi connectivity index (χ2v) is 5.55. The van der Waals surface area contributed by atoms with Crippen molar-refractivity contribution in [2.75, 3.05) is 0 Å². The van der Waals surface area contributed by atoms with Crippen LogP contribution in [0.4, 0.5) is 5.69 Å². The molecule has 0 N–H and O–H groups in total. The number of para-hydroxylation sites is 1. The van der Waals surface area contributed by atoms with E-state index in [1.807, 2.05) is 36.5 Å². The first-order chi connectivity index (χ1) is 10.3. The minimum Gasteiger partial charge on any atom is -0.255 e. The summed E-state index contributed by atoms with van der Waals surface area (Å²) in [6.45, 7) is 0. The fraction of sp³-hybridized carbons (Fsp3) is 0. The molecule has 0 heterocycles. The van der Waals surface area contributed by atoms with Crippen LogP contribution in [0.1, 0.15) is 5.56 Å². The summed E-state index contributed by atoms with van der Waals surface area (Å²) in [6.07, 6.45) is 1.88. The van der Waals surface area contributed by atoms with Gasteiger partial charge in [0.2, 0.25) is 0 Å². The van der Waals surface area contributed by atoms with Crippen molar-refractivity contribution < 1.29 is 0 Å². The van der Waals surface area contributed by atoms with Crippen molar-refractivity contribution in [3.05, 3.63) is 88.9 Å². The van der Waals surface area contributed by atoms with Gasteiger partial charge in [0, 0.05) is 10.7 Å². The Morgan fingerprint density at radius 1 is 0.667 bits per heavy atom. The molecule has 0 spiro atoms. The zero-order valence-corrected chi connectivity index (χ0v) is 13.0. The molecule has 21 heavy (non-hydrogen) atoms. The van der Waals surface area contributed by atoms with Gasteiger partial charge in [0.15, 0.2) is 0 Å². The van der Waals surface area contributed by atoms with Crippen molar-refractivity contribution in [1.29, 1.82) is 0 Å². The quantitative estimate of drug-likeness (QED) is 0.531. The molecule has 0 aliphatic heterocycles. The van der Waals surface area contributed by atoms with Crippen LogP contribution >= 0.6 is 15.9 Å². The van der Waals surface area contributed by atoms with E-state index < -0.39 is 0 Å². The summed E-state index contributed by atoms with van der Waals surface area (Å²) in [6, 6.07) is 26.7. The maximum atomic E-state index is 4.51. The van der Waals surface area contributed by atoms with Crippen molar-refractivity contribution >= 4 is 27.8 Å². The zero-order valence-electron chi connectivity index (χ0n) is 11.4.